The van der Waals surface area contributed by atoms with Crippen LogP contribution in [0.1, 0.15) is 6.42 Å². The Hall–Kier alpha value is -2.27. The lowest BCUT2D eigenvalue weighted by Crippen LogP contribution is -2.30. The molecule has 5 heteroatoms. The number of anilines is 1. The summed E-state index contributed by atoms with van der Waals surface area (Å²) >= 11 is 1.65. The first-order valence-electron chi connectivity index (χ1n) is 7.46. The lowest BCUT2D eigenvalue weighted by Gasteiger charge is -2.18. The zero-order chi connectivity index (χ0) is 16.2. The van der Waals surface area contributed by atoms with Crippen LogP contribution in [0.15, 0.2) is 48.5 Å². The molecular weight excluding hydrogens is 308 g/mol. The van der Waals surface area contributed by atoms with Gasteiger partial charge >= 0.3 is 5.97 Å². The highest BCUT2D eigenvalue weighted by Crippen LogP contribution is 2.31. The summed E-state index contributed by atoms with van der Waals surface area (Å²) in [4.78, 5) is 16.3. The SMILES string of the molecule is CSCCC(Nc1c2ccccc2nc2ccccc12)C(=O)O. The predicted molar refractivity (Wildman–Crippen MR) is 97.3 cm³/mol. The van der Waals surface area contributed by atoms with Crippen LogP contribution in [-0.2, 0) is 4.79 Å². The van der Waals surface area contributed by atoms with E-state index >= 15 is 0 Å². The second-order valence-electron chi connectivity index (χ2n) is 5.34. The van der Waals surface area contributed by atoms with Gasteiger partial charge in [-0.05, 0) is 30.6 Å². The van der Waals surface area contributed by atoms with Gasteiger partial charge in [0.25, 0.3) is 0 Å². The fourth-order valence-corrected chi connectivity index (χ4v) is 3.13. The van der Waals surface area contributed by atoms with Crippen molar-refractivity contribution in [3.8, 4) is 0 Å². The molecule has 118 valence electrons. The molecular formula is C18H18N2O2S. The van der Waals surface area contributed by atoms with Gasteiger partial charge in [-0.15, -0.1) is 0 Å². The van der Waals surface area contributed by atoms with E-state index in [0.717, 1.165) is 33.2 Å². The largest absolute Gasteiger partial charge is 0.480 e. The molecule has 0 saturated heterocycles. The van der Waals surface area contributed by atoms with Crippen LogP contribution < -0.4 is 5.32 Å². The van der Waals surface area contributed by atoms with Gasteiger partial charge in [-0.2, -0.15) is 11.8 Å². The Morgan fingerprint density at radius 1 is 1.13 bits per heavy atom. The zero-order valence-electron chi connectivity index (χ0n) is 12.8. The van der Waals surface area contributed by atoms with Gasteiger partial charge < -0.3 is 10.4 Å². The average molecular weight is 326 g/mol. The Morgan fingerprint density at radius 2 is 1.70 bits per heavy atom. The second kappa shape index (κ2) is 6.87. The number of carboxylic acid groups (broad SMARTS) is 1. The van der Waals surface area contributed by atoms with Crippen LogP contribution in [0.25, 0.3) is 21.8 Å². The van der Waals surface area contributed by atoms with Crippen LogP contribution in [0, 0.1) is 0 Å². The minimum Gasteiger partial charge on any atom is -0.480 e. The van der Waals surface area contributed by atoms with Crippen molar-refractivity contribution in [3.63, 3.8) is 0 Å². The number of pyridine rings is 1. The maximum Gasteiger partial charge on any atom is 0.326 e. The molecule has 3 aromatic rings. The number of rotatable bonds is 6. The smallest absolute Gasteiger partial charge is 0.326 e. The molecule has 0 saturated carbocycles. The molecule has 2 N–H and O–H groups in total. The van der Waals surface area contributed by atoms with E-state index in [2.05, 4.69) is 10.3 Å². The van der Waals surface area contributed by atoms with E-state index in [1.54, 1.807) is 11.8 Å². The summed E-state index contributed by atoms with van der Waals surface area (Å²) in [5.41, 5.74) is 2.57. The Morgan fingerprint density at radius 3 is 2.22 bits per heavy atom. The van der Waals surface area contributed by atoms with Gasteiger partial charge in [0.1, 0.15) is 6.04 Å². The van der Waals surface area contributed by atoms with Gasteiger partial charge in [0.2, 0.25) is 0 Å². The summed E-state index contributed by atoms with van der Waals surface area (Å²) < 4.78 is 0. The first kappa shape index (κ1) is 15.6. The topological polar surface area (TPSA) is 62.2 Å². The van der Waals surface area contributed by atoms with Crippen LogP contribution in [-0.4, -0.2) is 34.1 Å². The van der Waals surface area contributed by atoms with Gasteiger partial charge in [0.05, 0.1) is 16.7 Å². The van der Waals surface area contributed by atoms with Gasteiger partial charge in [-0.3, -0.25) is 0 Å². The fourth-order valence-electron chi connectivity index (χ4n) is 2.66. The van der Waals surface area contributed by atoms with Crippen molar-refractivity contribution in [2.75, 3.05) is 17.3 Å². The van der Waals surface area contributed by atoms with E-state index in [1.165, 1.54) is 0 Å². The summed E-state index contributed by atoms with van der Waals surface area (Å²) in [6.45, 7) is 0. The minimum absolute atomic E-state index is 0.571. The summed E-state index contributed by atoms with van der Waals surface area (Å²) in [6.07, 6.45) is 2.55. The van der Waals surface area contributed by atoms with Crippen molar-refractivity contribution >= 4 is 45.2 Å². The van der Waals surface area contributed by atoms with Gasteiger partial charge in [0, 0.05) is 10.8 Å². The molecule has 1 unspecified atom stereocenters. The number of aliphatic carboxylic acids is 1. The molecule has 1 heterocycles. The molecule has 1 atom stereocenters. The highest BCUT2D eigenvalue weighted by atomic mass is 32.2. The van der Waals surface area contributed by atoms with Crippen LogP contribution in [0.5, 0.6) is 0 Å². The van der Waals surface area contributed by atoms with E-state index < -0.39 is 12.0 Å². The number of thioether (sulfide) groups is 1. The molecule has 1 aromatic heterocycles. The summed E-state index contributed by atoms with van der Waals surface area (Å²) in [7, 11) is 0. The third-order valence-electron chi connectivity index (χ3n) is 3.81. The molecule has 0 amide bonds. The minimum atomic E-state index is -0.830. The normalized spacial score (nSPS) is 12.4. The molecule has 0 aliphatic carbocycles. The van der Waals surface area contributed by atoms with E-state index in [9.17, 15) is 9.90 Å². The molecule has 2 aromatic carbocycles. The number of nitrogens with zero attached hydrogens (tertiary/aromatic N) is 1. The zero-order valence-corrected chi connectivity index (χ0v) is 13.6. The van der Waals surface area contributed by atoms with Crippen molar-refractivity contribution in [1.29, 1.82) is 0 Å². The van der Waals surface area contributed by atoms with E-state index in [1.807, 2.05) is 54.8 Å². The van der Waals surface area contributed by atoms with Crippen molar-refractivity contribution in [2.24, 2.45) is 0 Å². The van der Waals surface area contributed by atoms with Gasteiger partial charge in [0.15, 0.2) is 0 Å². The number of carbonyl (C=O) groups is 1. The lowest BCUT2D eigenvalue weighted by atomic mass is 10.1. The highest BCUT2D eigenvalue weighted by Gasteiger charge is 2.19. The summed E-state index contributed by atoms with van der Waals surface area (Å²) in [6, 6.07) is 15.0. The third kappa shape index (κ3) is 3.24. The van der Waals surface area contributed by atoms with Gasteiger partial charge in [-0.1, -0.05) is 36.4 Å². The number of nitrogens with one attached hydrogen (secondary N) is 1. The van der Waals surface area contributed by atoms with Crippen LogP contribution in [0.2, 0.25) is 0 Å². The van der Waals surface area contributed by atoms with Crippen LogP contribution in [0.4, 0.5) is 5.69 Å². The number of hydrogen-bond acceptors (Lipinski definition) is 4. The predicted octanol–water partition coefficient (Wildman–Crippen LogP) is 4.01. The fraction of sp³-hybridized carbons (Fsp3) is 0.222. The molecule has 0 bridgehead atoms. The molecule has 4 nitrogen and oxygen atoms in total. The van der Waals surface area contributed by atoms with Crippen LogP contribution >= 0.6 is 11.8 Å². The summed E-state index contributed by atoms with van der Waals surface area (Å²) in [5.74, 6) is -0.0331. The Kier molecular flexibility index (Phi) is 4.67. The first-order valence-corrected chi connectivity index (χ1v) is 8.86. The van der Waals surface area contributed by atoms with E-state index in [4.69, 9.17) is 0 Å². The lowest BCUT2D eigenvalue weighted by molar-refractivity contribution is -0.137. The average Bonchev–Trinajstić information content (AvgIpc) is 2.57. The number of hydrogen-bond donors (Lipinski definition) is 2. The number of carboxylic acids is 1. The van der Waals surface area contributed by atoms with E-state index in [-0.39, 0.29) is 0 Å². The molecule has 3 rings (SSSR count). The third-order valence-corrected chi connectivity index (χ3v) is 4.46. The first-order chi connectivity index (χ1) is 11.2. The van der Waals surface area contributed by atoms with E-state index in [0.29, 0.717) is 6.42 Å². The van der Waals surface area contributed by atoms with Crippen molar-refractivity contribution in [2.45, 2.75) is 12.5 Å². The number of para-hydroxylation sites is 2. The summed E-state index contributed by atoms with van der Waals surface area (Å²) in [5, 5.41) is 14.7. The molecule has 0 radical (unpaired) electrons. The quantitative estimate of drug-likeness (QED) is 0.670. The van der Waals surface area contributed by atoms with Crippen LogP contribution in [0.3, 0.4) is 0 Å². The molecule has 0 aliphatic heterocycles. The number of aromatic nitrogens is 1. The standard InChI is InChI=1S/C18H18N2O2S/c1-23-11-10-16(18(21)22)20-17-12-6-2-4-8-14(12)19-15-9-5-3-7-13(15)17/h2-9,16H,10-11H2,1H3,(H,19,20)(H,21,22). The Balaban J connectivity index is 2.14. The maximum atomic E-state index is 11.6. The molecule has 0 aliphatic rings. The Bertz CT molecular complexity index is 797. The van der Waals surface area contributed by atoms with Crippen molar-refractivity contribution in [1.82, 2.24) is 4.98 Å². The molecule has 0 fully saturated rings. The maximum absolute atomic E-state index is 11.6. The van der Waals surface area contributed by atoms with Gasteiger partial charge in [-0.25, -0.2) is 9.78 Å². The molecule has 0 spiro atoms. The Labute approximate surface area is 138 Å². The number of fused-ring (bicyclic) bond motifs is 2. The van der Waals surface area contributed by atoms with Crippen molar-refractivity contribution in [3.05, 3.63) is 48.5 Å². The monoisotopic (exact) mass is 326 g/mol. The second-order valence-corrected chi connectivity index (χ2v) is 6.32. The highest BCUT2D eigenvalue weighted by molar-refractivity contribution is 7.98. The number of benzene rings is 2. The molecule has 23 heavy (non-hydrogen) atoms. The van der Waals surface area contributed by atoms with Crippen molar-refractivity contribution < 1.29 is 9.90 Å².